The Bertz CT molecular complexity index is 407. The van der Waals surface area contributed by atoms with Crippen molar-refractivity contribution < 1.29 is 18.0 Å². The Hall–Kier alpha value is -1.53. The second-order valence-electron chi connectivity index (χ2n) is 4.00. The summed E-state index contributed by atoms with van der Waals surface area (Å²) in [6.07, 6.45) is -0.228. The van der Waals surface area contributed by atoms with Gasteiger partial charge in [0.2, 0.25) is 0 Å². The maximum Gasteiger partial charge on any atom is 0.419 e. The molecule has 0 aromatic carbocycles. The number of nitrogens with zero attached hydrogens (tertiary/aromatic N) is 3. The molecule has 0 radical (unpaired) electrons. The highest BCUT2D eigenvalue weighted by Gasteiger charge is 2.33. The highest BCUT2D eigenvalue weighted by atomic mass is 19.4. The molecule has 1 aromatic rings. The number of aromatic nitrogens is 2. The van der Waals surface area contributed by atoms with Gasteiger partial charge in [-0.2, -0.15) is 23.0 Å². The SMILES string of the molecule is O=C(N1CCCCC1)n1cc(C(F)(F)F)cn1. The van der Waals surface area contributed by atoms with Crippen molar-refractivity contribution in [1.82, 2.24) is 14.7 Å². The third kappa shape index (κ3) is 2.59. The van der Waals surface area contributed by atoms with Gasteiger partial charge in [0.15, 0.2) is 0 Å². The molecule has 0 saturated carbocycles. The zero-order chi connectivity index (χ0) is 12.5. The van der Waals surface area contributed by atoms with Crippen LogP contribution in [0, 0.1) is 0 Å². The fourth-order valence-electron chi connectivity index (χ4n) is 1.80. The number of alkyl halides is 3. The first kappa shape index (κ1) is 11.9. The van der Waals surface area contributed by atoms with Gasteiger partial charge in [0.1, 0.15) is 0 Å². The highest BCUT2D eigenvalue weighted by Crippen LogP contribution is 2.28. The number of hydrogen-bond acceptors (Lipinski definition) is 2. The molecule has 0 N–H and O–H groups in total. The lowest BCUT2D eigenvalue weighted by molar-refractivity contribution is -0.137. The summed E-state index contributed by atoms with van der Waals surface area (Å²) in [4.78, 5) is 13.3. The predicted molar refractivity (Wildman–Crippen MR) is 53.4 cm³/mol. The van der Waals surface area contributed by atoms with Crippen molar-refractivity contribution in [1.29, 1.82) is 0 Å². The smallest absolute Gasteiger partial charge is 0.323 e. The zero-order valence-electron chi connectivity index (χ0n) is 9.07. The van der Waals surface area contributed by atoms with Crippen LogP contribution in [0.3, 0.4) is 0 Å². The Labute approximate surface area is 96.0 Å². The number of likely N-dealkylation sites (tertiary alicyclic amines) is 1. The first-order valence-corrected chi connectivity index (χ1v) is 5.39. The number of piperidine rings is 1. The van der Waals surface area contributed by atoms with Crippen LogP contribution in [-0.4, -0.2) is 33.8 Å². The van der Waals surface area contributed by atoms with Crippen LogP contribution in [-0.2, 0) is 6.18 Å². The minimum Gasteiger partial charge on any atom is -0.323 e. The number of carbonyl (C=O) groups excluding carboxylic acids is 1. The molecule has 0 unspecified atom stereocenters. The van der Waals surface area contributed by atoms with E-state index in [1.54, 1.807) is 0 Å². The average molecular weight is 247 g/mol. The van der Waals surface area contributed by atoms with Crippen molar-refractivity contribution >= 4 is 6.03 Å². The maximum absolute atomic E-state index is 12.3. The molecule has 2 heterocycles. The molecule has 17 heavy (non-hydrogen) atoms. The van der Waals surface area contributed by atoms with E-state index < -0.39 is 17.8 Å². The quantitative estimate of drug-likeness (QED) is 0.705. The van der Waals surface area contributed by atoms with E-state index in [-0.39, 0.29) is 0 Å². The minimum absolute atomic E-state index is 0.486. The molecule has 1 amide bonds. The Kier molecular flexibility index (Phi) is 3.08. The number of carbonyl (C=O) groups is 1. The van der Waals surface area contributed by atoms with Gasteiger partial charge in [0.05, 0.1) is 11.8 Å². The van der Waals surface area contributed by atoms with Gasteiger partial charge in [-0.15, -0.1) is 0 Å². The highest BCUT2D eigenvalue weighted by molar-refractivity contribution is 5.76. The first-order valence-electron chi connectivity index (χ1n) is 5.39. The fourth-order valence-corrected chi connectivity index (χ4v) is 1.80. The van der Waals surface area contributed by atoms with Gasteiger partial charge in [0, 0.05) is 19.3 Å². The fraction of sp³-hybridized carbons (Fsp3) is 0.600. The zero-order valence-corrected chi connectivity index (χ0v) is 9.07. The number of rotatable bonds is 0. The van der Waals surface area contributed by atoms with Crippen molar-refractivity contribution in [3.8, 4) is 0 Å². The van der Waals surface area contributed by atoms with E-state index in [1.165, 1.54) is 4.90 Å². The summed E-state index contributed by atoms with van der Waals surface area (Å²) in [5.41, 5.74) is -0.900. The van der Waals surface area contributed by atoms with Crippen LogP contribution in [0.5, 0.6) is 0 Å². The molecule has 1 aliphatic rings. The van der Waals surface area contributed by atoms with E-state index in [2.05, 4.69) is 5.10 Å². The third-order valence-corrected chi connectivity index (χ3v) is 2.73. The summed E-state index contributed by atoms with van der Waals surface area (Å²) in [5, 5.41) is 3.46. The van der Waals surface area contributed by atoms with Gasteiger partial charge in [-0.25, -0.2) is 4.79 Å². The van der Waals surface area contributed by atoms with Crippen molar-refractivity contribution in [3.63, 3.8) is 0 Å². The van der Waals surface area contributed by atoms with Crippen LogP contribution in [0.4, 0.5) is 18.0 Å². The molecule has 0 atom stereocenters. The molecule has 0 bridgehead atoms. The molecule has 94 valence electrons. The standard InChI is InChI=1S/C10H12F3N3O/c11-10(12,13)8-6-14-16(7-8)9(17)15-4-2-1-3-5-15/h6-7H,1-5H2. The number of amides is 1. The van der Waals surface area contributed by atoms with Crippen LogP contribution in [0.15, 0.2) is 12.4 Å². The molecule has 0 spiro atoms. The van der Waals surface area contributed by atoms with Crippen LogP contribution >= 0.6 is 0 Å². The molecular formula is C10H12F3N3O. The number of hydrogen-bond donors (Lipinski definition) is 0. The lowest BCUT2D eigenvalue weighted by Crippen LogP contribution is -2.38. The van der Waals surface area contributed by atoms with Crippen LogP contribution in [0.1, 0.15) is 24.8 Å². The Balaban J connectivity index is 2.11. The van der Waals surface area contributed by atoms with Crippen LogP contribution in [0.2, 0.25) is 0 Å². The van der Waals surface area contributed by atoms with Gasteiger partial charge in [-0.1, -0.05) is 0 Å². The Morgan fingerprint density at radius 2 is 1.88 bits per heavy atom. The third-order valence-electron chi connectivity index (χ3n) is 2.73. The van der Waals surface area contributed by atoms with E-state index in [0.717, 1.165) is 30.1 Å². The lowest BCUT2D eigenvalue weighted by Gasteiger charge is -2.25. The molecule has 7 heteroatoms. The summed E-state index contributed by atoms with van der Waals surface area (Å²) in [6.45, 7) is 1.17. The normalized spacial score (nSPS) is 17.2. The summed E-state index contributed by atoms with van der Waals surface area (Å²) >= 11 is 0. The van der Waals surface area contributed by atoms with E-state index in [9.17, 15) is 18.0 Å². The van der Waals surface area contributed by atoms with Gasteiger partial charge in [0.25, 0.3) is 0 Å². The second-order valence-corrected chi connectivity index (χ2v) is 4.00. The van der Waals surface area contributed by atoms with E-state index in [1.807, 2.05) is 0 Å². The van der Waals surface area contributed by atoms with Gasteiger partial charge >= 0.3 is 12.2 Å². The molecule has 1 aromatic heterocycles. The first-order chi connectivity index (χ1) is 7.98. The molecule has 1 saturated heterocycles. The summed E-state index contributed by atoms with van der Waals surface area (Å²) < 4.78 is 37.7. The Morgan fingerprint density at radius 1 is 1.24 bits per heavy atom. The van der Waals surface area contributed by atoms with Gasteiger partial charge < -0.3 is 4.90 Å². The maximum atomic E-state index is 12.3. The van der Waals surface area contributed by atoms with Crippen molar-refractivity contribution in [2.75, 3.05) is 13.1 Å². The molecule has 1 fully saturated rings. The van der Waals surface area contributed by atoms with Gasteiger partial charge in [-0.05, 0) is 19.3 Å². The molecule has 4 nitrogen and oxygen atoms in total. The summed E-state index contributed by atoms with van der Waals surface area (Å²) in [7, 11) is 0. The van der Waals surface area contributed by atoms with Crippen LogP contribution in [0.25, 0.3) is 0 Å². The van der Waals surface area contributed by atoms with Crippen molar-refractivity contribution in [3.05, 3.63) is 18.0 Å². The van der Waals surface area contributed by atoms with Crippen molar-refractivity contribution in [2.45, 2.75) is 25.4 Å². The van der Waals surface area contributed by atoms with Crippen LogP contribution < -0.4 is 0 Å². The topological polar surface area (TPSA) is 38.1 Å². The molecule has 1 aliphatic heterocycles. The average Bonchev–Trinajstić information content (AvgIpc) is 2.78. The van der Waals surface area contributed by atoms with E-state index in [0.29, 0.717) is 19.3 Å². The van der Waals surface area contributed by atoms with Crippen molar-refractivity contribution in [2.24, 2.45) is 0 Å². The second kappa shape index (κ2) is 4.38. The van der Waals surface area contributed by atoms with E-state index >= 15 is 0 Å². The minimum atomic E-state index is -4.46. The van der Waals surface area contributed by atoms with E-state index in [4.69, 9.17) is 0 Å². The molecular weight excluding hydrogens is 235 g/mol. The summed E-state index contributed by atoms with van der Waals surface area (Å²) in [5.74, 6) is 0. The molecule has 0 aliphatic carbocycles. The largest absolute Gasteiger partial charge is 0.419 e. The van der Waals surface area contributed by atoms with Gasteiger partial charge in [-0.3, -0.25) is 0 Å². The summed E-state index contributed by atoms with van der Waals surface area (Å²) in [6, 6.07) is -0.486. The monoisotopic (exact) mass is 247 g/mol. The lowest BCUT2D eigenvalue weighted by atomic mass is 10.1. The Morgan fingerprint density at radius 3 is 2.41 bits per heavy atom. The number of halogens is 3. The molecule has 2 rings (SSSR count). The predicted octanol–water partition coefficient (Wildman–Crippen LogP) is 2.36.